The standard InChI is InChI=1S/C42H44FN3O5/c1-40(2,3)51-39(47)46-23-22-42(48,41(28-46)20-10-11-21-41)34-17-18-35-33(37(34)43)24-31(25-44-35)32-16-19-36(49-26-29-12-6-4-7-13-29)45-38(32)50-27-30-14-8-5-9-15-30/h4-9,12-19,24-25,48H,10-11,20-23,26-28H2,1-3H3. The minimum atomic E-state index is -1.47. The van der Waals surface area contributed by atoms with Crippen molar-refractivity contribution in [2.75, 3.05) is 13.1 Å². The van der Waals surface area contributed by atoms with E-state index in [4.69, 9.17) is 19.2 Å². The van der Waals surface area contributed by atoms with E-state index in [-0.39, 0.29) is 25.1 Å². The Kier molecular flexibility index (Phi) is 9.42. The van der Waals surface area contributed by atoms with Crippen molar-refractivity contribution in [1.29, 1.82) is 0 Å². The summed E-state index contributed by atoms with van der Waals surface area (Å²) in [7, 11) is 0. The molecule has 264 valence electrons. The van der Waals surface area contributed by atoms with E-state index in [0.717, 1.165) is 24.0 Å². The first kappa shape index (κ1) is 34.4. The second-order valence-corrected chi connectivity index (χ2v) is 14.8. The molecule has 1 N–H and O–H groups in total. The summed E-state index contributed by atoms with van der Waals surface area (Å²) >= 11 is 0. The Morgan fingerprint density at radius 3 is 2.22 bits per heavy atom. The Hall–Kier alpha value is -5.02. The highest BCUT2D eigenvalue weighted by Gasteiger charge is 2.57. The number of hydrogen-bond acceptors (Lipinski definition) is 7. The predicted octanol–water partition coefficient (Wildman–Crippen LogP) is 8.98. The van der Waals surface area contributed by atoms with E-state index in [9.17, 15) is 9.90 Å². The van der Waals surface area contributed by atoms with Crippen molar-refractivity contribution < 1.29 is 28.5 Å². The van der Waals surface area contributed by atoms with Gasteiger partial charge in [-0.15, -0.1) is 0 Å². The summed E-state index contributed by atoms with van der Waals surface area (Å²) in [6, 6.07) is 28.5. The fourth-order valence-corrected chi connectivity index (χ4v) is 7.59. The predicted molar refractivity (Wildman–Crippen MR) is 194 cm³/mol. The summed E-state index contributed by atoms with van der Waals surface area (Å²) in [6.07, 6.45) is 4.65. The first-order valence-electron chi connectivity index (χ1n) is 17.7. The molecule has 1 aliphatic heterocycles. The second-order valence-electron chi connectivity index (χ2n) is 14.8. The van der Waals surface area contributed by atoms with Crippen LogP contribution < -0.4 is 9.47 Å². The third-order valence-electron chi connectivity index (χ3n) is 10.2. The summed E-state index contributed by atoms with van der Waals surface area (Å²) in [6.45, 7) is 6.70. The van der Waals surface area contributed by atoms with Crippen LogP contribution in [-0.4, -0.2) is 44.8 Å². The molecular formula is C42H44FN3O5. The SMILES string of the molecule is CC(C)(C)OC(=O)N1CCC(O)(c2ccc3ncc(-c4ccc(OCc5ccccc5)nc4OCc4ccccc4)cc3c2F)C2(CCCC2)C1. The number of aliphatic hydroxyl groups is 1. The van der Waals surface area contributed by atoms with Gasteiger partial charge < -0.3 is 24.2 Å². The van der Waals surface area contributed by atoms with Crippen LogP contribution in [0.5, 0.6) is 11.8 Å². The minimum absolute atomic E-state index is 0.202. The molecule has 3 aromatic carbocycles. The fraction of sp³-hybridized carbons (Fsp3) is 0.357. The Balaban J connectivity index is 1.23. The maximum absolute atomic E-state index is 16.9. The van der Waals surface area contributed by atoms with Gasteiger partial charge in [-0.25, -0.2) is 9.18 Å². The van der Waals surface area contributed by atoms with Gasteiger partial charge in [0.25, 0.3) is 0 Å². The smallest absolute Gasteiger partial charge is 0.410 e. The molecule has 2 aromatic heterocycles. The third kappa shape index (κ3) is 7.13. The molecule has 51 heavy (non-hydrogen) atoms. The molecule has 0 bridgehead atoms. The van der Waals surface area contributed by atoms with Gasteiger partial charge in [-0.2, -0.15) is 4.98 Å². The average Bonchev–Trinajstić information content (AvgIpc) is 3.61. The lowest BCUT2D eigenvalue weighted by atomic mass is 9.63. The number of ether oxygens (including phenoxy) is 3. The average molecular weight is 690 g/mol. The van der Waals surface area contributed by atoms with Gasteiger partial charge >= 0.3 is 6.09 Å². The van der Waals surface area contributed by atoms with Crippen LogP contribution in [0.2, 0.25) is 0 Å². The maximum Gasteiger partial charge on any atom is 0.410 e. The number of fused-ring (bicyclic) bond motifs is 1. The number of pyridine rings is 2. The van der Waals surface area contributed by atoms with Crippen molar-refractivity contribution in [1.82, 2.24) is 14.9 Å². The van der Waals surface area contributed by atoms with Gasteiger partial charge in [0.1, 0.15) is 30.2 Å². The van der Waals surface area contributed by atoms with Gasteiger partial charge in [-0.05, 0) is 69.4 Å². The first-order chi connectivity index (χ1) is 24.5. The van der Waals surface area contributed by atoms with E-state index in [1.807, 2.05) is 87.5 Å². The fourth-order valence-electron chi connectivity index (χ4n) is 7.59. The molecule has 0 radical (unpaired) electrons. The molecule has 1 atom stereocenters. The Bertz CT molecular complexity index is 2010. The number of hydrogen-bond donors (Lipinski definition) is 1. The molecule has 5 aromatic rings. The van der Waals surface area contributed by atoms with Crippen LogP contribution >= 0.6 is 0 Å². The van der Waals surface area contributed by atoms with Crippen molar-refractivity contribution in [3.05, 3.63) is 120 Å². The molecule has 1 aliphatic carbocycles. The summed E-state index contributed by atoms with van der Waals surface area (Å²) in [5.74, 6) is 0.221. The Labute approximate surface area is 298 Å². The molecule has 2 fully saturated rings. The van der Waals surface area contributed by atoms with Gasteiger partial charge in [0, 0.05) is 52.8 Å². The van der Waals surface area contributed by atoms with E-state index in [1.165, 1.54) is 0 Å². The number of rotatable bonds is 8. The highest BCUT2D eigenvalue weighted by molar-refractivity contribution is 5.86. The normalized spacial score (nSPS) is 18.6. The first-order valence-corrected chi connectivity index (χ1v) is 17.7. The number of aromatic nitrogens is 2. The van der Waals surface area contributed by atoms with Crippen LogP contribution in [-0.2, 0) is 23.6 Å². The molecule has 7 rings (SSSR count). The molecule has 3 heterocycles. The lowest BCUT2D eigenvalue weighted by Crippen LogP contribution is -2.59. The lowest BCUT2D eigenvalue weighted by Gasteiger charge is -2.52. The molecule has 1 amide bonds. The monoisotopic (exact) mass is 689 g/mol. The van der Waals surface area contributed by atoms with Crippen LogP contribution in [0.4, 0.5) is 9.18 Å². The summed E-state index contributed by atoms with van der Waals surface area (Å²) in [4.78, 5) is 24.2. The van der Waals surface area contributed by atoms with E-state index in [2.05, 4.69) is 4.98 Å². The summed E-state index contributed by atoms with van der Waals surface area (Å²) < 4.78 is 34.9. The molecule has 1 saturated carbocycles. The lowest BCUT2D eigenvalue weighted by molar-refractivity contribution is -0.139. The van der Waals surface area contributed by atoms with Crippen LogP contribution in [0, 0.1) is 11.2 Å². The molecular weight excluding hydrogens is 645 g/mol. The van der Waals surface area contributed by atoms with Crippen molar-refractivity contribution in [2.24, 2.45) is 5.41 Å². The van der Waals surface area contributed by atoms with Crippen LogP contribution in [0.1, 0.15) is 69.6 Å². The molecule has 1 saturated heterocycles. The highest BCUT2D eigenvalue weighted by atomic mass is 19.1. The number of nitrogens with zero attached hydrogens (tertiary/aromatic N) is 3. The zero-order chi connectivity index (χ0) is 35.6. The maximum atomic E-state index is 16.9. The number of carbonyl (C=O) groups excluding carboxylic acids is 1. The van der Waals surface area contributed by atoms with E-state index < -0.39 is 28.5 Å². The van der Waals surface area contributed by atoms with Gasteiger partial charge in [-0.3, -0.25) is 4.98 Å². The van der Waals surface area contributed by atoms with Crippen molar-refractivity contribution in [3.8, 4) is 22.9 Å². The highest BCUT2D eigenvalue weighted by Crippen LogP contribution is 2.56. The van der Waals surface area contributed by atoms with E-state index in [0.29, 0.717) is 59.8 Å². The van der Waals surface area contributed by atoms with Gasteiger partial charge in [0.05, 0.1) is 5.52 Å². The zero-order valence-electron chi connectivity index (χ0n) is 29.4. The Morgan fingerprint density at radius 2 is 1.55 bits per heavy atom. The third-order valence-corrected chi connectivity index (χ3v) is 10.2. The number of benzene rings is 3. The van der Waals surface area contributed by atoms with Gasteiger partial charge in [0.15, 0.2) is 0 Å². The second kappa shape index (κ2) is 13.9. The topological polar surface area (TPSA) is 94.0 Å². The van der Waals surface area contributed by atoms with Gasteiger partial charge in [-0.1, -0.05) is 79.6 Å². The number of halogens is 1. The van der Waals surface area contributed by atoms with Crippen LogP contribution in [0.15, 0.2) is 97.2 Å². The Morgan fingerprint density at radius 1 is 0.882 bits per heavy atom. The molecule has 2 aliphatic rings. The number of likely N-dealkylation sites (tertiary alicyclic amines) is 1. The summed E-state index contributed by atoms with van der Waals surface area (Å²) in [5.41, 5.74) is 1.14. The summed E-state index contributed by atoms with van der Waals surface area (Å²) in [5, 5.41) is 12.8. The molecule has 9 heteroatoms. The number of amides is 1. The molecule has 8 nitrogen and oxygen atoms in total. The minimum Gasteiger partial charge on any atom is -0.473 e. The largest absolute Gasteiger partial charge is 0.473 e. The molecule has 1 spiro atoms. The number of carbonyl (C=O) groups is 1. The zero-order valence-corrected chi connectivity index (χ0v) is 29.4. The van der Waals surface area contributed by atoms with Crippen LogP contribution in [0.3, 0.4) is 0 Å². The van der Waals surface area contributed by atoms with Crippen LogP contribution in [0.25, 0.3) is 22.0 Å². The quantitative estimate of drug-likeness (QED) is 0.174. The van der Waals surface area contributed by atoms with E-state index in [1.54, 1.807) is 35.4 Å². The number of piperidine rings is 1. The van der Waals surface area contributed by atoms with Crippen molar-refractivity contribution in [3.63, 3.8) is 0 Å². The van der Waals surface area contributed by atoms with Gasteiger partial charge in [0.2, 0.25) is 11.8 Å². The molecule has 1 unspecified atom stereocenters. The van der Waals surface area contributed by atoms with Crippen molar-refractivity contribution >= 4 is 17.0 Å². The van der Waals surface area contributed by atoms with E-state index >= 15 is 4.39 Å². The van der Waals surface area contributed by atoms with Crippen molar-refractivity contribution in [2.45, 2.75) is 77.3 Å².